The third kappa shape index (κ3) is 3.31. The van der Waals surface area contributed by atoms with Crippen LogP contribution in [0.25, 0.3) is 0 Å². The number of methoxy groups -OCH3 is 1. The number of ether oxygens (including phenoxy) is 1. The van der Waals surface area contributed by atoms with Gasteiger partial charge in [0.25, 0.3) is 0 Å². The quantitative estimate of drug-likeness (QED) is 0.854. The Morgan fingerprint density at radius 3 is 2.58 bits per heavy atom. The third-order valence-electron chi connectivity index (χ3n) is 2.91. The van der Waals surface area contributed by atoms with Crippen molar-refractivity contribution in [2.45, 2.75) is 12.3 Å². The molecule has 0 aliphatic carbocycles. The van der Waals surface area contributed by atoms with E-state index >= 15 is 0 Å². The van der Waals surface area contributed by atoms with Crippen LogP contribution in [0.3, 0.4) is 0 Å². The normalized spacial score (nSPS) is 11.8. The lowest BCUT2D eigenvalue weighted by Crippen LogP contribution is -2.17. The minimum absolute atomic E-state index is 0.205. The second kappa shape index (κ2) is 6.00. The smallest absolute Gasteiger partial charge is 0.315 e. The molecular weight excluding hydrogens is 242 g/mol. The first-order valence-electron chi connectivity index (χ1n) is 5.97. The second-order valence-corrected chi connectivity index (χ2v) is 4.20. The van der Waals surface area contributed by atoms with Gasteiger partial charge in [-0.05, 0) is 36.2 Å². The van der Waals surface area contributed by atoms with Crippen molar-refractivity contribution in [2.75, 3.05) is 7.11 Å². The van der Waals surface area contributed by atoms with Gasteiger partial charge < -0.3 is 9.84 Å². The maximum Gasteiger partial charge on any atom is 0.315 e. The number of aromatic hydroxyl groups is 1. The molecule has 2 aromatic rings. The van der Waals surface area contributed by atoms with Crippen molar-refractivity contribution in [3.8, 4) is 5.75 Å². The summed E-state index contributed by atoms with van der Waals surface area (Å²) in [6.07, 6.45) is 2.14. The average molecular weight is 257 g/mol. The van der Waals surface area contributed by atoms with Crippen LogP contribution in [0.5, 0.6) is 5.75 Å². The van der Waals surface area contributed by atoms with Crippen molar-refractivity contribution in [1.82, 2.24) is 4.98 Å². The standard InChI is InChI=1S/C15H15NO3/c1-19-15(18)13(14-4-2-3-9-16-14)10-11-5-7-12(17)8-6-11/h2-9,13,17H,10H2,1H3/t13-/m1/s1. The van der Waals surface area contributed by atoms with Gasteiger partial charge in [-0.2, -0.15) is 0 Å². The van der Waals surface area contributed by atoms with Gasteiger partial charge in [-0.1, -0.05) is 18.2 Å². The molecule has 1 N–H and O–H groups in total. The molecule has 2 rings (SSSR count). The van der Waals surface area contributed by atoms with Gasteiger partial charge in [0.1, 0.15) is 11.7 Å². The summed E-state index contributed by atoms with van der Waals surface area (Å²) < 4.78 is 4.83. The van der Waals surface area contributed by atoms with Crippen LogP contribution in [0.2, 0.25) is 0 Å². The van der Waals surface area contributed by atoms with Gasteiger partial charge in [-0.3, -0.25) is 9.78 Å². The number of carbonyl (C=O) groups is 1. The van der Waals surface area contributed by atoms with Gasteiger partial charge in [0.05, 0.1) is 12.8 Å². The number of pyridine rings is 1. The zero-order valence-electron chi connectivity index (χ0n) is 10.6. The highest BCUT2D eigenvalue weighted by molar-refractivity contribution is 5.77. The van der Waals surface area contributed by atoms with Crippen LogP contribution in [0.15, 0.2) is 48.7 Å². The number of benzene rings is 1. The van der Waals surface area contributed by atoms with E-state index in [1.54, 1.807) is 36.5 Å². The van der Waals surface area contributed by atoms with Crippen LogP contribution in [0.4, 0.5) is 0 Å². The first-order valence-corrected chi connectivity index (χ1v) is 5.97. The van der Waals surface area contributed by atoms with Crippen molar-refractivity contribution in [3.05, 3.63) is 59.9 Å². The number of hydrogen-bond donors (Lipinski definition) is 1. The first-order chi connectivity index (χ1) is 9.20. The molecule has 1 aromatic carbocycles. The summed E-state index contributed by atoms with van der Waals surface area (Å²) in [6, 6.07) is 12.2. The molecule has 0 amide bonds. The molecule has 0 aliphatic heterocycles. The maximum absolute atomic E-state index is 11.9. The minimum atomic E-state index is -0.434. The summed E-state index contributed by atoms with van der Waals surface area (Å²) in [4.78, 5) is 16.1. The molecule has 0 saturated heterocycles. The average Bonchev–Trinajstić information content (AvgIpc) is 2.47. The van der Waals surface area contributed by atoms with Crippen molar-refractivity contribution >= 4 is 5.97 Å². The highest BCUT2D eigenvalue weighted by Crippen LogP contribution is 2.21. The Kier molecular flexibility index (Phi) is 4.13. The number of rotatable bonds is 4. The molecule has 19 heavy (non-hydrogen) atoms. The second-order valence-electron chi connectivity index (χ2n) is 4.20. The number of phenolic OH excluding ortho intramolecular Hbond substituents is 1. The van der Waals surface area contributed by atoms with Crippen LogP contribution in [0.1, 0.15) is 17.2 Å². The molecule has 4 nitrogen and oxygen atoms in total. The van der Waals surface area contributed by atoms with Crippen molar-refractivity contribution in [3.63, 3.8) is 0 Å². The number of carbonyl (C=O) groups excluding carboxylic acids is 1. The highest BCUT2D eigenvalue weighted by Gasteiger charge is 2.22. The molecule has 0 radical (unpaired) electrons. The molecule has 98 valence electrons. The molecule has 0 unspecified atom stereocenters. The van der Waals surface area contributed by atoms with Crippen LogP contribution < -0.4 is 0 Å². The lowest BCUT2D eigenvalue weighted by Gasteiger charge is -2.14. The van der Waals surface area contributed by atoms with E-state index in [0.29, 0.717) is 12.1 Å². The van der Waals surface area contributed by atoms with E-state index < -0.39 is 5.92 Å². The molecule has 0 spiro atoms. The largest absolute Gasteiger partial charge is 0.508 e. The molecule has 4 heteroatoms. The van der Waals surface area contributed by atoms with Gasteiger partial charge in [0.15, 0.2) is 0 Å². The van der Waals surface area contributed by atoms with E-state index in [4.69, 9.17) is 4.74 Å². The van der Waals surface area contributed by atoms with Gasteiger partial charge in [-0.25, -0.2) is 0 Å². The number of nitrogens with zero attached hydrogens (tertiary/aromatic N) is 1. The number of aromatic nitrogens is 1. The summed E-state index contributed by atoms with van der Waals surface area (Å²) in [6.45, 7) is 0. The Morgan fingerprint density at radius 1 is 1.26 bits per heavy atom. The van der Waals surface area contributed by atoms with E-state index in [-0.39, 0.29) is 11.7 Å². The highest BCUT2D eigenvalue weighted by atomic mass is 16.5. The van der Waals surface area contributed by atoms with Crippen LogP contribution in [-0.4, -0.2) is 23.2 Å². The van der Waals surface area contributed by atoms with Gasteiger partial charge >= 0.3 is 5.97 Å². The molecule has 0 bridgehead atoms. The zero-order valence-corrected chi connectivity index (χ0v) is 10.6. The fourth-order valence-electron chi connectivity index (χ4n) is 1.90. The molecular formula is C15H15NO3. The predicted molar refractivity (Wildman–Crippen MR) is 70.8 cm³/mol. The summed E-state index contributed by atoms with van der Waals surface area (Å²) in [5, 5.41) is 9.26. The van der Waals surface area contributed by atoms with Gasteiger partial charge in [-0.15, -0.1) is 0 Å². The van der Waals surface area contributed by atoms with E-state index in [0.717, 1.165) is 5.56 Å². The molecule has 0 fully saturated rings. The number of phenols is 1. The molecule has 0 aliphatic rings. The lowest BCUT2D eigenvalue weighted by atomic mass is 9.95. The zero-order chi connectivity index (χ0) is 13.7. The topological polar surface area (TPSA) is 59.4 Å². The summed E-state index contributed by atoms with van der Waals surface area (Å²) in [5.41, 5.74) is 1.63. The predicted octanol–water partition coefficient (Wildman–Crippen LogP) is 2.29. The Balaban J connectivity index is 2.24. The Hall–Kier alpha value is -2.36. The van der Waals surface area contributed by atoms with Crippen LogP contribution in [-0.2, 0) is 16.0 Å². The van der Waals surface area contributed by atoms with Crippen LogP contribution in [0, 0.1) is 0 Å². The SMILES string of the molecule is COC(=O)[C@H](Cc1ccc(O)cc1)c1ccccn1. The summed E-state index contributed by atoms with van der Waals surface area (Å²) >= 11 is 0. The van der Waals surface area contributed by atoms with Gasteiger partial charge in [0.2, 0.25) is 0 Å². The molecule has 1 heterocycles. The van der Waals surface area contributed by atoms with Crippen molar-refractivity contribution < 1.29 is 14.6 Å². The van der Waals surface area contributed by atoms with E-state index in [1.165, 1.54) is 7.11 Å². The Labute approximate surface area is 111 Å². The van der Waals surface area contributed by atoms with E-state index in [9.17, 15) is 9.90 Å². The molecule has 0 saturated carbocycles. The van der Waals surface area contributed by atoms with E-state index in [2.05, 4.69) is 4.98 Å². The lowest BCUT2D eigenvalue weighted by molar-refractivity contribution is -0.142. The number of esters is 1. The maximum atomic E-state index is 11.9. The fourth-order valence-corrected chi connectivity index (χ4v) is 1.90. The minimum Gasteiger partial charge on any atom is -0.508 e. The summed E-state index contributed by atoms with van der Waals surface area (Å²) in [5.74, 6) is -0.543. The van der Waals surface area contributed by atoms with Crippen LogP contribution >= 0.6 is 0 Å². The monoisotopic (exact) mass is 257 g/mol. The number of hydrogen-bond acceptors (Lipinski definition) is 4. The third-order valence-corrected chi connectivity index (χ3v) is 2.91. The fraction of sp³-hybridized carbons (Fsp3) is 0.200. The van der Waals surface area contributed by atoms with E-state index in [1.807, 2.05) is 12.1 Å². The van der Waals surface area contributed by atoms with Gasteiger partial charge in [0, 0.05) is 6.20 Å². The first kappa shape index (κ1) is 13.1. The Morgan fingerprint density at radius 2 is 2.00 bits per heavy atom. The van der Waals surface area contributed by atoms with Crippen molar-refractivity contribution in [1.29, 1.82) is 0 Å². The molecule has 1 aromatic heterocycles. The Bertz CT molecular complexity index is 537. The van der Waals surface area contributed by atoms with Crippen molar-refractivity contribution in [2.24, 2.45) is 0 Å². The summed E-state index contributed by atoms with van der Waals surface area (Å²) in [7, 11) is 1.37. The molecule has 1 atom stereocenters.